The number of benzene rings is 1. The third kappa shape index (κ3) is 4.37. The van der Waals surface area contributed by atoms with E-state index in [9.17, 15) is 13.6 Å². The predicted octanol–water partition coefficient (Wildman–Crippen LogP) is 3.17. The zero-order valence-corrected chi connectivity index (χ0v) is 14.4. The first-order valence-electron chi connectivity index (χ1n) is 8.51. The Bertz CT molecular complexity index is 759. The van der Waals surface area contributed by atoms with Crippen molar-refractivity contribution in [3.8, 4) is 5.75 Å². The average molecular weight is 366 g/mol. The minimum atomic E-state index is -0.811. The van der Waals surface area contributed by atoms with Crippen LogP contribution >= 0.6 is 0 Å². The first-order valence-corrected chi connectivity index (χ1v) is 8.51. The molecule has 1 amide bonds. The third-order valence-electron chi connectivity index (χ3n) is 4.16. The maximum atomic E-state index is 13.5. The fraction of sp³-hybridized carbons (Fsp3) is 0.444. The van der Waals surface area contributed by atoms with Gasteiger partial charge in [-0.1, -0.05) is 5.16 Å². The van der Waals surface area contributed by atoms with Gasteiger partial charge in [-0.15, -0.1) is 0 Å². The van der Waals surface area contributed by atoms with Crippen LogP contribution in [0.3, 0.4) is 0 Å². The molecule has 6 nitrogen and oxygen atoms in total. The standard InChI is InChI=1S/C18H20F2N2O4/c1-2-22(10-13-4-3-7-24-13)18(23)16-9-14(26-21-16)11-25-17-6-5-12(19)8-15(17)20/h5-6,8-9,13H,2-4,7,10-11H2,1H3/t13-/m0/s1. The Morgan fingerprint density at radius 3 is 2.92 bits per heavy atom. The van der Waals surface area contributed by atoms with Crippen LogP contribution in [0.1, 0.15) is 36.0 Å². The quantitative estimate of drug-likeness (QED) is 0.753. The zero-order chi connectivity index (χ0) is 18.5. The highest BCUT2D eigenvalue weighted by Crippen LogP contribution is 2.20. The van der Waals surface area contributed by atoms with E-state index in [1.807, 2.05) is 6.92 Å². The van der Waals surface area contributed by atoms with Crippen LogP contribution in [0.15, 0.2) is 28.8 Å². The van der Waals surface area contributed by atoms with Crippen LogP contribution in [0.2, 0.25) is 0 Å². The van der Waals surface area contributed by atoms with Crippen molar-refractivity contribution in [1.29, 1.82) is 0 Å². The molecule has 0 unspecified atom stereocenters. The highest BCUT2D eigenvalue weighted by atomic mass is 19.1. The number of amides is 1. The first-order chi connectivity index (χ1) is 12.6. The van der Waals surface area contributed by atoms with Crippen molar-refractivity contribution in [2.75, 3.05) is 19.7 Å². The van der Waals surface area contributed by atoms with Crippen molar-refractivity contribution >= 4 is 5.91 Å². The van der Waals surface area contributed by atoms with Crippen molar-refractivity contribution in [3.63, 3.8) is 0 Å². The second kappa shape index (κ2) is 8.27. The van der Waals surface area contributed by atoms with Crippen LogP contribution < -0.4 is 4.74 Å². The lowest BCUT2D eigenvalue weighted by molar-refractivity contribution is 0.0531. The molecule has 0 spiro atoms. The van der Waals surface area contributed by atoms with Crippen LogP contribution in [0.5, 0.6) is 5.75 Å². The number of aromatic nitrogens is 1. The number of ether oxygens (including phenoxy) is 2. The van der Waals surface area contributed by atoms with Gasteiger partial charge in [-0.05, 0) is 31.9 Å². The molecule has 0 bridgehead atoms. The summed E-state index contributed by atoms with van der Waals surface area (Å²) >= 11 is 0. The van der Waals surface area contributed by atoms with Gasteiger partial charge in [0.1, 0.15) is 12.4 Å². The molecule has 140 valence electrons. The molecule has 1 fully saturated rings. The summed E-state index contributed by atoms with van der Waals surface area (Å²) in [6, 6.07) is 4.47. The largest absolute Gasteiger partial charge is 0.482 e. The molecular weight excluding hydrogens is 346 g/mol. The van der Waals surface area contributed by atoms with Crippen molar-refractivity contribution < 1.29 is 27.6 Å². The molecule has 1 aliphatic rings. The Balaban J connectivity index is 1.59. The van der Waals surface area contributed by atoms with Gasteiger partial charge in [0, 0.05) is 31.8 Å². The van der Waals surface area contributed by atoms with E-state index < -0.39 is 11.6 Å². The van der Waals surface area contributed by atoms with Crippen LogP contribution in [0.25, 0.3) is 0 Å². The number of rotatable bonds is 7. The van der Waals surface area contributed by atoms with Gasteiger partial charge in [-0.25, -0.2) is 8.78 Å². The summed E-state index contributed by atoms with van der Waals surface area (Å²) in [5, 5.41) is 3.77. The molecule has 3 rings (SSSR count). The molecular formula is C18H20F2N2O4. The summed E-state index contributed by atoms with van der Waals surface area (Å²) in [6.45, 7) is 3.52. The minimum Gasteiger partial charge on any atom is -0.482 e. The van der Waals surface area contributed by atoms with E-state index in [1.165, 1.54) is 12.1 Å². The van der Waals surface area contributed by atoms with E-state index in [0.29, 0.717) is 13.1 Å². The van der Waals surface area contributed by atoms with E-state index in [-0.39, 0.29) is 35.8 Å². The van der Waals surface area contributed by atoms with Crippen molar-refractivity contribution in [2.45, 2.75) is 32.5 Å². The van der Waals surface area contributed by atoms with Crippen LogP contribution in [-0.2, 0) is 11.3 Å². The molecule has 26 heavy (non-hydrogen) atoms. The smallest absolute Gasteiger partial charge is 0.276 e. The Morgan fingerprint density at radius 1 is 1.38 bits per heavy atom. The lowest BCUT2D eigenvalue weighted by Gasteiger charge is -2.22. The van der Waals surface area contributed by atoms with Crippen molar-refractivity contribution in [1.82, 2.24) is 10.1 Å². The lowest BCUT2D eigenvalue weighted by atomic mass is 10.2. The fourth-order valence-electron chi connectivity index (χ4n) is 2.77. The molecule has 1 aromatic heterocycles. The van der Waals surface area contributed by atoms with E-state index in [1.54, 1.807) is 4.90 Å². The van der Waals surface area contributed by atoms with Gasteiger partial charge in [-0.3, -0.25) is 4.79 Å². The second-order valence-electron chi connectivity index (χ2n) is 6.02. The van der Waals surface area contributed by atoms with Crippen LogP contribution in [-0.4, -0.2) is 41.8 Å². The number of carbonyl (C=O) groups is 1. The van der Waals surface area contributed by atoms with E-state index in [2.05, 4.69) is 5.16 Å². The Kier molecular flexibility index (Phi) is 5.82. The molecule has 1 aliphatic heterocycles. The number of hydrogen-bond donors (Lipinski definition) is 0. The minimum absolute atomic E-state index is 0.0510. The van der Waals surface area contributed by atoms with Gasteiger partial charge in [-0.2, -0.15) is 0 Å². The first kappa shape index (κ1) is 18.3. The summed E-state index contributed by atoms with van der Waals surface area (Å²) < 4.78 is 42.3. The molecule has 2 heterocycles. The molecule has 0 N–H and O–H groups in total. The zero-order valence-electron chi connectivity index (χ0n) is 14.4. The van der Waals surface area contributed by atoms with Gasteiger partial charge in [0.25, 0.3) is 5.91 Å². The number of carbonyl (C=O) groups excluding carboxylic acids is 1. The topological polar surface area (TPSA) is 64.8 Å². The predicted molar refractivity (Wildman–Crippen MR) is 87.7 cm³/mol. The third-order valence-corrected chi connectivity index (χ3v) is 4.16. The van der Waals surface area contributed by atoms with Crippen molar-refractivity contribution in [2.24, 2.45) is 0 Å². The van der Waals surface area contributed by atoms with Crippen molar-refractivity contribution in [3.05, 3.63) is 47.4 Å². The molecule has 2 aromatic rings. The Morgan fingerprint density at radius 2 is 2.23 bits per heavy atom. The maximum absolute atomic E-state index is 13.5. The normalized spacial score (nSPS) is 16.7. The molecule has 1 aromatic carbocycles. The van der Waals surface area contributed by atoms with Crippen LogP contribution in [0, 0.1) is 11.6 Å². The maximum Gasteiger partial charge on any atom is 0.276 e. The number of hydrogen-bond acceptors (Lipinski definition) is 5. The number of nitrogens with zero attached hydrogens (tertiary/aromatic N) is 2. The lowest BCUT2D eigenvalue weighted by Crippen LogP contribution is -2.37. The Hall–Kier alpha value is -2.48. The number of likely N-dealkylation sites (N-methyl/N-ethyl adjacent to an activating group) is 1. The monoisotopic (exact) mass is 366 g/mol. The molecule has 1 atom stereocenters. The van der Waals surface area contributed by atoms with E-state index >= 15 is 0 Å². The fourth-order valence-corrected chi connectivity index (χ4v) is 2.77. The highest BCUT2D eigenvalue weighted by molar-refractivity contribution is 5.92. The van der Waals surface area contributed by atoms with E-state index in [4.69, 9.17) is 14.0 Å². The van der Waals surface area contributed by atoms with Crippen LogP contribution in [0.4, 0.5) is 8.78 Å². The number of halogens is 2. The van der Waals surface area contributed by atoms with Gasteiger partial charge in [0.2, 0.25) is 0 Å². The summed E-state index contributed by atoms with van der Waals surface area (Å²) in [5.41, 5.74) is 0.156. The van der Waals surface area contributed by atoms with Gasteiger partial charge >= 0.3 is 0 Å². The molecule has 0 radical (unpaired) electrons. The average Bonchev–Trinajstić information content (AvgIpc) is 3.30. The molecule has 8 heteroatoms. The summed E-state index contributed by atoms with van der Waals surface area (Å²) in [6.07, 6.45) is 1.99. The van der Waals surface area contributed by atoms with Gasteiger partial charge < -0.3 is 18.9 Å². The summed E-state index contributed by atoms with van der Waals surface area (Å²) in [5.74, 6) is -1.59. The molecule has 1 saturated heterocycles. The van der Waals surface area contributed by atoms with E-state index in [0.717, 1.165) is 31.6 Å². The SMILES string of the molecule is CCN(C[C@@H]1CCCO1)C(=O)c1cc(COc2ccc(F)cc2F)on1. The Labute approximate surface area is 149 Å². The van der Waals surface area contributed by atoms with Gasteiger partial charge in [0.15, 0.2) is 23.0 Å². The highest BCUT2D eigenvalue weighted by Gasteiger charge is 2.24. The van der Waals surface area contributed by atoms with Gasteiger partial charge in [0.05, 0.1) is 6.10 Å². The molecule has 0 saturated carbocycles. The summed E-state index contributed by atoms with van der Waals surface area (Å²) in [7, 11) is 0. The summed E-state index contributed by atoms with van der Waals surface area (Å²) in [4.78, 5) is 14.2. The molecule has 0 aliphatic carbocycles. The second-order valence-corrected chi connectivity index (χ2v) is 6.02.